The smallest absolute Gasteiger partial charge is 0.108 e. The molecule has 5 nitrogen and oxygen atoms in total. The van der Waals surface area contributed by atoms with E-state index in [1.54, 1.807) is 13.8 Å². The van der Waals surface area contributed by atoms with E-state index in [0.717, 1.165) is 38.5 Å². The Bertz CT molecular complexity index is 881. The van der Waals surface area contributed by atoms with Gasteiger partial charge < -0.3 is 25.2 Å². The van der Waals surface area contributed by atoms with Crippen LogP contribution < -0.4 is 0 Å². The van der Waals surface area contributed by atoms with Crippen molar-refractivity contribution in [2.75, 3.05) is 0 Å². The third-order valence-electron chi connectivity index (χ3n) is 14.0. The van der Waals surface area contributed by atoms with Crippen molar-refractivity contribution in [3.63, 3.8) is 0 Å². The maximum Gasteiger partial charge on any atom is 0.108 e. The molecule has 0 unspecified atom stereocenters. The number of hydrogen-bond acceptors (Lipinski definition) is 5. The molecule has 1 aliphatic heterocycles. The van der Waals surface area contributed by atoms with Crippen molar-refractivity contribution in [1.82, 2.24) is 0 Å². The molecule has 0 aromatic carbocycles. The number of rotatable bonds is 2. The minimum Gasteiger partial charge on any atom is -0.393 e. The Balaban J connectivity index is 1.54. The Hall–Kier alpha value is -0.200. The van der Waals surface area contributed by atoms with Gasteiger partial charge in [-0.15, -0.1) is 0 Å². The molecule has 0 spiro atoms. The lowest BCUT2D eigenvalue weighted by molar-refractivity contribution is -0.256. The largest absolute Gasteiger partial charge is 0.393 e. The van der Waals surface area contributed by atoms with Crippen molar-refractivity contribution in [1.29, 1.82) is 0 Å². The topological polar surface area (TPSA) is 90.2 Å². The van der Waals surface area contributed by atoms with Crippen LogP contribution in [0, 0.1) is 50.7 Å². The fourth-order valence-electron chi connectivity index (χ4n) is 11.6. The van der Waals surface area contributed by atoms with Gasteiger partial charge in [0, 0.05) is 5.41 Å². The molecule has 0 bridgehead atoms. The summed E-state index contributed by atoms with van der Waals surface area (Å²) in [4.78, 5) is 0. The second kappa shape index (κ2) is 7.93. The van der Waals surface area contributed by atoms with Crippen LogP contribution in [0.5, 0.6) is 0 Å². The summed E-state index contributed by atoms with van der Waals surface area (Å²) in [7, 11) is 0. The quantitative estimate of drug-likeness (QED) is 0.426. The Morgan fingerprint density at radius 2 is 1.39 bits per heavy atom. The lowest BCUT2D eigenvalue weighted by Gasteiger charge is -2.72. The average Bonchev–Trinajstić information content (AvgIpc) is 2.95. The second-order valence-electron chi connectivity index (χ2n) is 16.0. The van der Waals surface area contributed by atoms with Gasteiger partial charge in [0.1, 0.15) is 6.10 Å². The fourth-order valence-corrected chi connectivity index (χ4v) is 11.6. The van der Waals surface area contributed by atoms with Crippen LogP contribution in [0.15, 0.2) is 0 Å². The molecule has 5 aliphatic rings. The van der Waals surface area contributed by atoms with Crippen LogP contribution in [-0.2, 0) is 4.74 Å². The first-order valence-corrected chi connectivity index (χ1v) is 14.8. The normalized spacial score (nSPS) is 57.2. The number of hydrogen-bond donors (Lipinski definition) is 4. The SMILES string of the molecule is C[C@@H]1C[C@H]([C@@H](O)C(C)(C)O)O[C@@H]2[C@H]1[C@@]1(C)CC[C@]3(C)[C@@H](CC[C@H]4C(C)(C)[C@@H](O)CC[C@@]43C)[C@]1(C)[C@H]2O. The standard InChI is InChI=1S/C31H54O5/c1-17-16-18(24(33)27(4,5)35)36-23-22(17)30(8)15-14-29(7)20(31(30,9)25(23)34)11-10-19-26(2,3)21(32)12-13-28(19,29)6/h17-25,32-35H,10-16H2,1-9H3/t17-,18-,19+,20-,21+,22+,23-,24-,25+,28+,29-,30-,31-/m1/s1. The molecule has 36 heavy (non-hydrogen) atoms. The predicted molar refractivity (Wildman–Crippen MR) is 141 cm³/mol. The Kier molecular flexibility index (Phi) is 6.03. The third-order valence-corrected chi connectivity index (χ3v) is 14.0. The van der Waals surface area contributed by atoms with Crippen LogP contribution in [0.1, 0.15) is 107 Å². The number of ether oxygens (including phenoxy) is 1. The van der Waals surface area contributed by atoms with Gasteiger partial charge in [0.05, 0.1) is 30.0 Å². The molecule has 0 aromatic rings. The molecule has 0 amide bonds. The summed E-state index contributed by atoms with van der Waals surface area (Å²) in [6, 6.07) is 0. The summed E-state index contributed by atoms with van der Waals surface area (Å²) in [5, 5.41) is 44.6. The summed E-state index contributed by atoms with van der Waals surface area (Å²) in [5.41, 5.74) is -1.45. The van der Waals surface area contributed by atoms with Crippen LogP contribution in [0.25, 0.3) is 0 Å². The van der Waals surface area contributed by atoms with Gasteiger partial charge in [-0.1, -0.05) is 48.5 Å². The zero-order chi connectivity index (χ0) is 26.9. The lowest BCUT2D eigenvalue weighted by atomic mass is 9.32. The molecule has 0 aromatic heterocycles. The highest BCUT2D eigenvalue weighted by Gasteiger charge is 2.76. The molecule has 4 saturated carbocycles. The van der Waals surface area contributed by atoms with E-state index in [-0.39, 0.29) is 45.2 Å². The van der Waals surface area contributed by atoms with Crippen molar-refractivity contribution < 1.29 is 25.2 Å². The maximum absolute atomic E-state index is 12.2. The monoisotopic (exact) mass is 506 g/mol. The molecule has 4 aliphatic carbocycles. The summed E-state index contributed by atoms with van der Waals surface area (Å²) >= 11 is 0. The predicted octanol–water partition coefficient (Wildman–Crippen LogP) is 4.93. The average molecular weight is 507 g/mol. The van der Waals surface area contributed by atoms with Crippen LogP contribution in [0.2, 0.25) is 0 Å². The van der Waals surface area contributed by atoms with Gasteiger partial charge >= 0.3 is 0 Å². The van der Waals surface area contributed by atoms with Gasteiger partial charge in [-0.25, -0.2) is 0 Å². The van der Waals surface area contributed by atoms with Gasteiger partial charge in [-0.05, 0) is 104 Å². The molecule has 208 valence electrons. The van der Waals surface area contributed by atoms with Crippen molar-refractivity contribution in [3.05, 3.63) is 0 Å². The number of aliphatic hydroxyl groups excluding tert-OH is 3. The van der Waals surface area contributed by atoms with Crippen LogP contribution in [0.4, 0.5) is 0 Å². The molecule has 4 N–H and O–H groups in total. The fraction of sp³-hybridized carbons (Fsp3) is 1.00. The molecule has 5 fully saturated rings. The van der Waals surface area contributed by atoms with Gasteiger partial charge in [-0.2, -0.15) is 0 Å². The zero-order valence-corrected chi connectivity index (χ0v) is 24.3. The van der Waals surface area contributed by atoms with Crippen molar-refractivity contribution in [3.8, 4) is 0 Å². The van der Waals surface area contributed by atoms with E-state index in [2.05, 4.69) is 48.5 Å². The second-order valence-corrected chi connectivity index (χ2v) is 16.0. The van der Waals surface area contributed by atoms with Crippen molar-refractivity contribution in [2.45, 2.75) is 143 Å². The molecule has 5 heteroatoms. The zero-order valence-electron chi connectivity index (χ0n) is 24.3. The van der Waals surface area contributed by atoms with Crippen LogP contribution in [0.3, 0.4) is 0 Å². The highest BCUT2D eigenvalue weighted by molar-refractivity contribution is 5.25. The van der Waals surface area contributed by atoms with Gasteiger partial charge in [0.25, 0.3) is 0 Å². The summed E-state index contributed by atoms with van der Waals surface area (Å²) in [6.07, 6.45) is 4.43. The Labute approximate surface area is 219 Å². The molecule has 0 radical (unpaired) electrons. The molecule has 1 saturated heterocycles. The molecule has 13 atom stereocenters. The minimum absolute atomic E-state index is 0.0434. The number of aliphatic hydroxyl groups is 4. The Morgan fingerprint density at radius 3 is 2.00 bits per heavy atom. The van der Waals surface area contributed by atoms with E-state index in [4.69, 9.17) is 4.74 Å². The highest BCUT2D eigenvalue weighted by atomic mass is 16.5. The molecule has 5 rings (SSSR count). The maximum atomic E-state index is 12.2. The first-order chi connectivity index (χ1) is 16.4. The lowest BCUT2D eigenvalue weighted by Crippen LogP contribution is -2.67. The van der Waals surface area contributed by atoms with E-state index in [0.29, 0.717) is 24.2 Å². The van der Waals surface area contributed by atoms with Crippen LogP contribution >= 0.6 is 0 Å². The summed E-state index contributed by atoms with van der Waals surface area (Å²) in [6.45, 7) is 19.9. The molecular formula is C31H54O5. The minimum atomic E-state index is -1.24. The van der Waals surface area contributed by atoms with Crippen molar-refractivity contribution >= 4 is 0 Å². The van der Waals surface area contributed by atoms with Gasteiger partial charge in [0.15, 0.2) is 0 Å². The first kappa shape index (κ1) is 27.4. The van der Waals surface area contributed by atoms with Gasteiger partial charge in [-0.3, -0.25) is 0 Å². The molecular weight excluding hydrogens is 452 g/mol. The van der Waals surface area contributed by atoms with E-state index in [1.807, 2.05) is 0 Å². The summed E-state index contributed by atoms with van der Waals surface area (Å²) in [5.74, 6) is 1.39. The molecule has 1 heterocycles. The van der Waals surface area contributed by atoms with Gasteiger partial charge in [0.2, 0.25) is 0 Å². The summed E-state index contributed by atoms with van der Waals surface area (Å²) < 4.78 is 6.60. The van der Waals surface area contributed by atoms with E-state index >= 15 is 0 Å². The van der Waals surface area contributed by atoms with Crippen molar-refractivity contribution in [2.24, 2.45) is 50.7 Å². The van der Waals surface area contributed by atoms with E-state index in [9.17, 15) is 20.4 Å². The van der Waals surface area contributed by atoms with E-state index in [1.165, 1.54) is 0 Å². The Morgan fingerprint density at radius 1 is 0.833 bits per heavy atom. The number of fused-ring (bicyclic) bond motifs is 7. The van der Waals surface area contributed by atoms with Crippen LogP contribution in [-0.4, -0.2) is 56.5 Å². The highest BCUT2D eigenvalue weighted by Crippen LogP contribution is 2.79. The first-order valence-electron chi connectivity index (χ1n) is 14.8. The van der Waals surface area contributed by atoms with E-state index < -0.39 is 23.9 Å². The third kappa shape index (κ3) is 3.13.